The van der Waals surface area contributed by atoms with Crippen LogP contribution in [0.4, 0.5) is 0 Å². The molecule has 2 fully saturated rings. The Hall–Kier alpha value is -0.120. The molecule has 2 saturated heterocycles. The van der Waals surface area contributed by atoms with Crippen LogP contribution in [0, 0.1) is 5.92 Å². The fourth-order valence-corrected chi connectivity index (χ4v) is 2.97. The van der Waals surface area contributed by atoms with Crippen molar-refractivity contribution in [3.63, 3.8) is 0 Å². The number of hydrogen-bond acceptors (Lipinski definition) is 3. The van der Waals surface area contributed by atoms with Gasteiger partial charge in [0.05, 0.1) is 0 Å². The van der Waals surface area contributed by atoms with Crippen molar-refractivity contribution < 1.29 is 0 Å². The Morgan fingerprint density at radius 1 is 1.20 bits per heavy atom. The zero-order valence-electron chi connectivity index (χ0n) is 9.99. The van der Waals surface area contributed by atoms with Crippen LogP contribution in [0.2, 0.25) is 0 Å². The number of nitrogens with zero attached hydrogens (tertiary/aromatic N) is 2. The Bertz CT molecular complexity index is 189. The van der Waals surface area contributed by atoms with Gasteiger partial charge in [-0.05, 0) is 58.3 Å². The maximum atomic E-state index is 5.64. The summed E-state index contributed by atoms with van der Waals surface area (Å²) < 4.78 is 0. The van der Waals surface area contributed by atoms with Gasteiger partial charge in [-0.15, -0.1) is 0 Å². The average Bonchev–Trinajstić information content (AvgIpc) is 2.39. The molecule has 3 heteroatoms. The van der Waals surface area contributed by atoms with Crippen LogP contribution in [-0.4, -0.2) is 55.6 Å². The van der Waals surface area contributed by atoms with Crippen molar-refractivity contribution in [1.29, 1.82) is 0 Å². The normalized spacial score (nSPS) is 31.2. The molecule has 2 aliphatic heterocycles. The molecule has 1 atom stereocenters. The van der Waals surface area contributed by atoms with Gasteiger partial charge in [-0.2, -0.15) is 0 Å². The molecule has 0 aromatic rings. The van der Waals surface area contributed by atoms with Crippen LogP contribution in [0.5, 0.6) is 0 Å². The molecule has 15 heavy (non-hydrogen) atoms. The van der Waals surface area contributed by atoms with E-state index < -0.39 is 0 Å². The molecule has 0 spiro atoms. The van der Waals surface area contributed by atoms with Gasteiger partial charge in [0.15, 0.2) is 0 Å². The van der Waals surface area contributed by atoms with E-state index in [2.05, 4.69) is 16.8 Å². The summed E-state index contributed by atoms with van der Waals surface area (Å²) in [7, 11) is 2.21. The fourth-order valence-electron chi connectivity index (χ4n) is 2.97. The molecule has 0 radical (unpaired) electrons. The Balaban J connectivity index is 1.74. The monoisotopic (exact) mass is 211 g/mol. The second-order valence-corrected chi connectivity index (χ2v) is 5.29. The lowest BCUT2D eigenvalue weighted by atomic mass is 9.97. The topological polar surface area (TPSA) is 32.5 Å². The molecule has 0 bridgehead atoms. The van der Waals surface area contributed by atoms with Gasteiger partial charge in [0.25, 0.3) is 0 Å². The van der Waals surface area contributed by atoms with Gasteiger partial charge >= 0.3 is 0 Å². The first-order valence-electron chi connectivity index (χ1n) is 6.42. The Labute approximate surface area is 93.6 Å². The highest BCUT2D eigenvalue weighted by Gasteiger charge is 2.30. The minimum atomic E-state index is 0.853. The minimum absolute atomic E-state index is 0.853. The highest BCUT2D eigenvalue weighted by atomic mass is 15.3. The van der Waals surface area contributed by atoms with Gasteiger partial charge in [-0.25, -0.2) is 0 Å². The van der Waals surface area contributed by atoms with Crippen molar-refractivity contribution in [2.24, 2.45) is 11.7 Å². The van der Waals surface area contributed by atoms with Gasteiger partial charge in [0, 0.05) is 19.1 Å². The summed E-state index contributed by atoms with van der Waals surface area (Å²) in [5.74, 6) is 0.901. The third kappa shape index (κ3) is 2.92. The predicted octanol–water partition coefficient (Wildman–Crippen LogP) is 0.751. The Morgan fingerprint density at radius 2 is 2.00 bits per heavy atom. The third-order valence-corrected chi connectivity index (χ3v) is 4.02. The number of hydrogen-bond donors (Lipinski definition) is 1. The van der Waals surface area contributed by atoms with Crippen molar-refractivity contribution in [2.75, 3.05) is 39.8 Å². The van der Waals surface area contributed by atoms with E-state index in [0.717, 1.165) is 18.5 Å². The molecule has 3 nitrogen and oxygen atoms in total. The summed E-state index contributed by atoms with van der Waals surface area (Å²) >= 11 is 0. The molecule has 1 unspecified atom stereocenters. The molecular weight excluding hydrogens is 186 g/mol. The lowest BCUT2D eigenvalue weighted by molar-refractivity contribution is 0.0541. The van der Waals surface area contributed by atoms with Crippen molar-refractivity contribution in [3.05, 3.63) is 0 Å². The summed E-state index contributed by atoms with van der Waals surface area (Å²) in [5.41, 5.74) is 5.64. The molecule has 0 aromatic carbocycles. The summed E-state index contributed by atoms with van der Waals surface area (Å²) in [6, 6.07) is 0.853. The maximum absolute atomic E-state index is 5.64. The van der Waals surface area contributed by atoms with Crippen molar-refractivity contribution in [1.82, 2.24) is 9.80 Å². The van der Waals surface area contributed by atoms with Crippen molar-refractivity contribution in [2.45, 2.75) is 31.7 Å². The molecule has 88 valence electrons. The van der Waals surface area contributed by atoms with Gasteiger partial charge in [0.2, 0.25) is 0 Å². The van der Waals surface area contributed by atoms with Gasteiger partial charge in [-0.3, -0.25) is 4.90 Å². The lowest BCUT2D eigenvalue weighted by Gasteiger charge is -2.43. The highest BCUT2D eigenvalue weighted by molar-refractivity contribution is 4.87. The smallest absolute Gasteiger partial charge is 0.0350 e. The molecule has 2 rings (SSSR count). The fraction of sp³-hybridized carbons (Fsp3) is 1.00. The summed E-state index contributed by atoms with van der Waals surface area (Å²) in [6.07, 6.45) is 5.39. The number of rotatable bonds is 3. The van der Waals surface area contributed by atoms with Gasteiger partial charge in [0.1, 0.15) is 0 Å². The van der Waals surface area contributed by atoms with Crippen LogP contribution in [0.3, 0.4) is 0 Å². The number of likely N-dealkylation sites (N-methyl/N-ethyl adjacent to an activating group) is 1. The zero-order chi connectivity index (χ0) is 10.7. The van der Waals surface area contributed by atoms with Crippen LogP contribution in [0.25, 0.3) is 0 Å². The molecule has 2 aliphatic rings. The van der Waals surface area contributed by atoms with Crippen LogP contribution in [-0.2, 0) is 0 Å². The van der Waals surface area contributed by atoms with E-state index in [1.165, 1.54) is 51.9 Å². The number of likely N-dealkylation sites (tertiary alicyclic amines) is 2. The summed E-state index contributed by atoms with van der Waals surface area (Å²) in [6.45, 7) is 6.06. The molecule has 0 saturated carbocycles. The Morgan fingerprint density at radius 3 is 2.67 bits per heavy atom. The van der Waals surface area contributed by atoms with Crippen LogP contribution in [0.15, 0.2) is 0 Å². The van der Waals surface area contributed by atoms with E-state index in [4.69, 9.17) is 5.73 Å². The first-order valence-corrected chi connectivity index (χ1v) is 6.42. The summed E-state index contributed by atoms with van der Waals surface area (Å²) in [5, 5.41) is 0. The van der Waals surface area contributed by atoms with Crippen LogP contribution in [0.1, 0.15) is 25.7 Å². The maximum Gasteiger partial charge on any atom is 0.0350 e. The zero-order valence-corrected chi connectivity index (χ0v) is 9.99. The SMILES string of the molecule is CN1CC(N2CCCC(CCN)CC2)C1. The second-order valence-electron chi connectivity index (χ2n) is 5.29. The van der Waals surface area contributed by atoms with Crippen molar-refractivity contribution >= 4 is 0 Å². The van der Waals surface area contributed by atoms with Crippen LogP contribution < -0.4 is 5.73 Å². The molecule has 0 aromatic heterocycles. The molecule has 0 aliphatic carbocycles. The molecule has 0 amide bonds. The predicted molar refractivity (Wildman–Crippen MR) is 63.9 cm³/mol. The molecular formula is C12H25N3. The Kier molecular flexibility index (Phi) is 4.00. The standard InChI is InChI=1S/C12H25N3/c1-14-9-12(10-14)15-7-2-3-11(4-6-13)5-8-15/h11-12H,2-10,13H2,1H3. The van der Waals surface area contributed by atoms with E-state index in [-0.39, 0.29) is 0 Å². The molecule has 2 N–H and O–H groups in total. The molecule has 2 heterocycles. The average molecular weight is 211 g/mol. The van der Waals surface area contributed by atoms with Gasteiger partial charge in [-0.1, -0.05) is 0 Å². The van der Waals surface area contributed by atoms with E-state index in [9.17, 15) is 0 Å². The van der Waals surface area contributed by atoms with E-state index in [1.807, 2.05) is 0 Å². The van der Waals surface area contributed by atoms with E-state index >= 15 is 0 Å². The summed E-state index contributed by atoms with van der Waals surface area (Å²) in [4.78, 5) is 5.11. The highest BCUT2D eigenvalue weighted by Crippen LogP contribution is 2.23. The van der Waals surface area contributed by atoms with Crippen molar-refractivity contribution in [3.8, 4) is 0 Å². The van der Waals surface area contributed by atoms with Gasteiger partial charge < -0.3 is 10.6 Å². The first-order chi connectivity index (χ1) is 7.29. The largest absolute Gasteiger partial charge is 0.330 e. The first kappa shape index (κ1) is 11.4. The van der Waals surface area contributed by atoms with Crippen LogP contribution >= 0.6 is 0 Å². The lowest BCUT2D eigenvalue weighted by Crippen LogP contribution is -2.57. The number of nitrogens with two attached hydrogens (primary N) is 1. The third-order valence-electron chi connectivity index (χ3n) is 4.02. The quantitative estimate of drug-likeness (QED) is 0.748. The van der Waals surface area contributed by atoms with E-state index in [1.54, 1.807) is 0 Å². The second kappa shape index (κ2) is 5.28. The van der Waals surface area contributed by atoms with E-state index in [0.29, 0.717) is 0 Å². The minimum Gasteiger partial charge on any atom is -0.330 e.